The van der Waals surface area contributed by atoms with E-state index in [0.717, 1.165) is 0 Å². The number of methoxy groups -OCH3 is 1. The highest BCUT2D eigenvalue weighted by molar-refractivity contribution is 5.87. The molecule has 5 nitrogen and oxygen atoms in total. The molecule has 0 heterocycles. The summed E-state index contributed by atoms with van der Waals surface area (Å²) in [6, 6.07) is 13.7. The smallest absolute Gasteiger partial charge is 0.278 e. The number of ether oxygens (including phenoxy) is 1. The number of nitro groups is 1. The first-order valence-electron chi connectivity index (χ1n) is 5.63. The van der Waals surface area contributed by atoms with Crippen LogP contribution < -0.4 is 4.74 Å². The molecule has 2 rings (SSSR count). The van der Waals surface area contributed by atoms with Gasteiger partial charge >= 0.3 is 0 Å². The maximum absolute atomic E-state index is 10.9. The van der Waals surface area contributed by atoms with E-state index in [2.05, 4.69) is 4.99 Å². The Morgan fingerprint density at radius 2 is 1.84 bits per heavy atom. The lowest BCUT2D eigenvalue weighted by molar-refractivity contribution is -0.385. The van der Waals surface area contributed by atoms with Crippen LogP contribution in [0.1, 0.15) is 5.56 Å². The van der Waals surface area contributed by atoms with Crippen molar-refractivity contribution in [1.82, 2.24) is 0 Å². The van der Waals surface area contributed by atoms with Crippen LogP contribution in [-0.2, 0) is 0 Å². The Bertz CT molecular complexity index is 624. The lowest BCUT2D eigenvalue weighted by Gasteiger charge is -2.02. The van der Waals surface area contributed by atoms with Crippen LogP contribution in [0, 0.1) is 10.1 Å². The van der Waals surface area contributed by atoms with E-state index in [1.807, 2.05) is 12.1 Å². The molecule has 2 aromatic rings. The number of hydrogen-bond acceptors (Lipinski definition) is 4. The molecule has 0 aromatic heterocycles. The summed E-state index contributed by atoms with van der Waals surface area (Å²) < 4.78 is 5.16. The maximum Gasteiger partial charge on any atom is 0.278 e. The predicted octanol–water partition coefficient (Wildman–Crippen LogP) is 3.35. The van der Waals surface area contributed by atoms with Crippen LogP contribution in [0.5, 0.6) is 5.75 Å². The fourth-order valence-electron chi connectivity index (χ4n) is 1.64. The van der Waals surface area contributed by atoms with Crippen molar-refractivity contribution >= 4 is 17.6 Å². The van der Waals surface area contributed by atoms with Crippen LogP contribution >= 0.6 is 0 Å². The summed E-state index contributed by atoms with van der Waals surface area (Å²) >= 11 is 0. The third-order valence-corrected chi connectivity index (χ3v) is 2.56. The van der Waals surface area contributed by atoms with Crippen LogP contribution in [0.2, 0.25) is 0 Å². The molecule has 0 N–H and O–H groups in total. The van der Waals surface area contributed by atoms with Crippen molar-refractivity contribution in [2.45, 2.75) is 0 Å². The Kier molecular flexibility index (Phi) is 3.87. The Labute approximate surface area is 110 Å². The van der Waals surface area contributed by atoms with Crippen molar-refractivity contribution in [2.75, 3.05) is 7.11 Å². The Hall–Kier alpha value is -2.69. The second-order valence-corrected chi connectivity index (χ2v) is 3.75. The van der Waals surface area contributed by atoms with Gasteiger partial charge in [-0.1, -0.05) is 24.3 Å². The number of para-hydroxylation sites is 3. The van der Waals surface area contributed by atoms with Crippen LogP contribution in [0.4, 0.5) is 11.4 Å². The summed E-state index contributed by atoms with van der Waals surface area (Å²) in [5.41, 5.74) is 1.11. The summed E-state index contributed by atoms with van der Waals surface area (Å²) in [6.45, 7) is 0. The molecular formula is C14H12N2O3. The van der Waals surface area contributed by atoms with Gasteiger partial charge in [-0.25, -0.2) is 0 Å². The number of rotatable bonds is 4. The Balaban J connectivity index is 2.35. The number of aliphatic imine (C=N–C) groups is 1. The largest absolute Gasteiger partial charge is 0.494 e. The zero-order chi connectivity index (χ0) is 13.7. The molecule has 0 aliphatic rings. The topological polar surface area (TPSA) is 64.7 Å². The minimum absolute atomic E-state index is 0.0288. The first-order chi connectivity index (χ1) is 9.22. The number of nitro benzene ring substituents is 1. The van der Waals surface area contributed by atoms with Gasteiger partial charge in [0.1, 0.15) is 11.4 Å². The second kappa shape index (κ2) is 5.77. The van der Waals surface area contributed by atoms with E-state index in [4.69, 9.17) is 4.74 Å². The van der Waals surface area contributed by atoms with E-state index in [1.54, 1.807) is 37.4 Å². The van der Waals surface area contributed by atoms with Crippen molar-refractivity contribution < 1.29 is 9.66 Å². The molecule has 0 aliphatic carbocycles. The first-order valence-corrected chi connectivity index (χ1v) is 5.63. The molecule has 96 valence electrons. The molecule has 2 aromatic carbocycles. The van der Waals surface area contributed by atoms with Gasteiger partial charge in [0.05, 0.1) is 17.6 Å². The fourth-order valence-corrected chi connectivity index (χ4v) is 1.64. The fraction of sp³-hybridized carbons (Fsp3) is 0.0714. The summed E-state index contributed by atoms with van der Waals surface area (Å²) in [5, 5.41) is 10.9. The average Bonchev–Trinajstić information content (AvgIpc) is 2.45. The normalized spacial score (nSPS) is 10.6. The van der Waals surface area contributed by atoms with Gasteiger partial charge in [-0.15, -0.1) is 0 Å². The quantitative estimate of drug-likeness (QED) is 0.478. The van der Waals surface area contributed by atoms with Gasteiger partial charge in [0, 0.05) is 12.3 Å². The SMILES string of the molecule is COc1ccccc1N=Cc1ccccc1[N+](=O)[O-]. The minimum atomic E-state index is -0.427. The highest BCUT2D eigenvalue weighted by Gasteiger charge is 2.10. The molecule has 0 bridgehead atoms. The van der Waals surface area contributed by atoms with Crippen LogP contribution in [0.25, 0.3) is 0 Å². The molecule has 0 spiro atoms. The summed E-state index contributed by atoms with van der Waals surface area (Å²) in [5.74, 6) is 0.623. The van der Waals surface area contributed by atoms with Gasteiger partial charge in [-0.3, -0.25) is 15.1 Å². The molecule has 19 heavy (non-hydrogen) atoms. The standard InChI is InChI=1S/C14H12N2O3/c1-19-14-9-5-3-7-12(14)15-10-11-6-2-4-8-13(11)16(17)18/h2-10H,1H3. The molecule has 0 amide bonds. The van der Waals surface area contributed by atoms with E-state index in [1.165, 1.54) is 12.3 Å². The number of nitrogens with zero attached hydrogens (tertiary/aromatic N) is 2. The molecule has 5 heteroatoms. The zero-order valence-corrected chi connectivity index (χ0v) is 10.3. The monoisotopic (exact) mass is 256 g/mol. The maximum atomic E-state index is 10.9. The third kappa shape index (κ3) is 2.95. The summed E-state index contributed by atoms with van der Waals surface area (Å²) in [4.78, 5) is 14.7. The lowest BCUT2D eigenvalue weighted by Crippen LogP contribution is -1.93. The average molecular weight is 256 g/mol. The number of benzene rings is 2. The highest BCUT2D eigenvalue weighted by atomic mass is 16.6. The van der Waals surface area contributed by atoms with E-state index in [0.29, 0.717) is 17.0 Å². The molecule has 0 fully saturated rings. The molecule has 0 atom stereocenters. The van der Waals surface area contributed by atoms with Crippen LogP contribution in [0.3, 0.4) is 0 Å². The van der Waals surface area contributed by atoms with Crippen molar-refractivity contribution in [3.05, 3.63) is 64.2 Å². The second-order valence-electron chi connectivity index (χ2n) is 3.75. The molecule has 0 unspecified atom stereocenters. The van der Waals surface area contributed by atoms with E-state index < -0.39 is 4.92 Å². The third-order valence-electron chi connectivity index (χ3n) is 2.56. The van der Waals surface area contributed by atoms with Crippen molar-refractivity contribution in [3.8, 4) is 5.75 Å². The first kappa shape index (κ1) is 12.8. The summed E-state index contributed by atoms with van der Waals surface area (Å²) in [7, 11) is 1.55. The zero-order valence-electron chi connectivity index (χ0n) is 10.3. The highest BCUT2D eigenvalue weighted by Crippen LogP contribution is 2.26. The van der Waals surface area contributed by atoms with Gasteiger partial charge in [-0.05, 0) is 18.2 Å². The Morgan fingerprint density at radius 3 is 2.58 bits per heavy atom. The van der Waals surface area contributed by atoms with E-state index in [-0.39, 0.29) is 5.69 Å². The minimum Gasteiger partial charge on any atom is -0.494 e. The summed E-state index contributed by atoms with van der Waals surface area (Å²) in [6.07, 6.45) is 1.47. The Morgan fingerprint density at radius 1 is 1.16 bits per heavy atom. The van der Waals surface area contributed by atoms with Crippen molar-refractivity contribution in [1.29, 1.82) is 0 Å². The molecule has 0 radical (unpaired) electrons. The number of hydrogen-bond donors (Lipinski definition) is 0. The lowest BCUT2D eigenvalue weighted by atomic mass is 10.2. The van der Waals surface area contributed by atoms with Gasteiger partial charge < -0.3 is 4.74 Å². The molecule has 0 aliphatic heterocycles. The molecule has 0 saturated carbocycles. The van der Waals surface area contributed by atoms with Gasteiger partial charge in [0.25, 0.3) is 5.69 Å². The van der Waals surface area contributed by atoms with Crippen LogP contribution in [0.15, 0.2) is 53.5 Å². The molecule has 0 saturated heterocycles. The predicted molar refractivity (Wildman–Crippen MR) is 73.3 cm³/mol. The van der Waals surface area contributed by atoms with Crippen molar-refractivity contribution in [2.24, 2.45) is 4.99 Å². The van der Waals surface area contributed by atoms with E-state index >= 15 is 0 Å². The van der Waals surface area contributed by atoms with Gasteiger partial charge in [0.15, 0.2) is 0 Å². The van der Waals surface area contributed by atoms with Crippen molar-refractivity contribution in [3.63, 3.8) is 0 Å². The van der Waals surface area contributed by atoms with Gasteiger partial charge in [-0.2, -0.15) is 0 Å². The van der Waals surface area contributed by atoms with Gasteiger partial charge in [0.2, 0.25) is 0 Å². The molecular weight excluding hydrogens is 244 g/mol. The van der Waals surface area contributed by atoms with E-state index in [9.17, 15) is 10.1 Å². The van der Waals surface area contributed by atoms with Crippen LogP contribution in [-0.4, -0.2) is 18.2 Å².